The van der Waals surface area contributed by atoms with Gasteiger partial charge in [0.15, 0.2) is 0 Å². The molecule has 4 heteroatoms. The van der Waals surface area contributed by atoms with E-state index < -0.39 is 0 Å². The lowest BCUT2D eigenvalue weighted by atomic mass is 9.96. The van der Waals surface area contributed by atoms with Crippen LogP contribution in [0.25, 0.3) is 22.5 Å². The number of para-hydroxylation sites is 1. The Hall–Kier alpha value is -2.62. The van der Waals surface area contributed by atoms with Crippen molar-refractivity contribution in [1.82, 2.24) is 15.0 Å². The minimum atomic E-state index is 0.873. The summed E-state index contributed by atoms with van der Waals surface area (Å²) in [4.78, 5) is 2.27. The van der Waals surface area contributed by atoms with E-state index in [1.54, 1.807) is 0 Å². The first kappa shape index (κ1) is 26.4. The Balaban J connectivity index is 0.000000881. The van der Waals surface area contributed by atoms with Crippen molar-refractivity contribution in [3.63, 3.8) is 0 Å². The average molecular weight is 397 g/mol. The molecule has 0 bridgehead atoms. The van der Waals surface area contributed by atoms with Gasteiger partial charge in [-0.15, -0.1) is 5.10 Å². The van der Waals surface area contributed by atoms with Crippen LogP contribution >= 0.6 is 0 Å². The van der Waals surface area contributed by atoms with Crippen LogP contribution in [0.1, 0.15) is 61.0 Å². The van der Waals surface area contributed by atoms with Crippen LogP contribution in [0.5, 0.6) is 0 Å². The van der Waals surface area contributed by atoms with Crippen molar-refractivity contribution in [2.75, 3.05) is 11.9 Å². The summed E-state index contributed by atoms with van der Waals surface area (Å²) in [5.41, 5.74) is 6.87. The van der Waals surface area contributed by atoms with Gasteiger partial charge in [0.1, 0.15) is 5.69 Å². The molecule has 0 N–H and O–H groups in total. The van der Waals surface area contributed by atoms with Crippen LogP contribution in [0.2, 0.25) is 0 Å². The number of nitrogens with zero attached hydrogens (tertiary/aromatic N) is 4. The summed E-state index contributed by atoms with van der Waals surface area (Å²) >= 11 is 0. The fourth-order valence-electron chi connectivity index (χ4n) is 3.08. The Morgan fingerprint density at radius 1 is 0.690 bits per heavy atom. The van der Waals surface area contributed by atoms with Crippen molar-refractivity contribution < 1.29 is 0 Å². The van der Waals surface area contributed by atoms with Gasteiger partial charge >= 0.3 is 0 Å². The van der Waals surface area contributed by atoms with Crippen LogP contribution in [0.15, 0.2) is 48.5 Å². The highest BCUT2D eigenvalue weighted by atomic mass is 15.4. The lowest BCUT2D eigenvalue weighted by Gasteiger charge is -2.26. The smallest absolute Gasteiger partial charge is 0.123 e. The zero-order valence-corrected chi connectivity index (χ0v) is 20.1. The molecule has 0 saturated heterocycles. The fourth-order valence-corrected chi connectivity index (χ4v) is 3.08. The highest BCUT2D eigenvalue weighted by molar-refractivity contribution is 5.87. The van der Waals surface area contributed by atoms with E-state index in [1.165, 1.54) is 16.8 Å². The summed E-state index contributed by atoms with van der Waals surface area (Å²) in [6.45, 7) is 16.9. The molecule has 0 spiro atoms. The van der Waals surface area contributed by atoms with Crippen molar-refractivity contribution in [3.8, 4) is 22.5 Å². The number of hydrogen-bond donors (Lipinski definition) is 0. The van der Waals surface area contributed by atoms with E-state index in [2.05, 4.69) is 70.8 Å². The number of hydrogen-bond acceptors (Lipinski definition) is 3. The second kappa shape index (κ2) is 14.4. The van der Waals surface area contributed by atoms with E-state index in [9.17, 15) is 0 Å². The normalized spacial score (nSPS) is 10.2. The predicted octanol–water partition coefficient (Wildman–Crippen LogP) is 7.20. The van der Waals surface area contributed by atoms with Crippen molar-refractivity contribution in [1.29, 1.82) is 0 Å². The second-order valence-electron chi connectivity index (χ2n) is 5.44. The molecule has 3 aromatic rings. The van der Waals surface area contributed by atoms with Crippen LogP contribution in [0, 0.1) is 0 Å². The van der Waals surface area contributed by atoms with Gasteiger partial charge in [0.2, 0.25) is 0 Å². The van der Waals surface area contributed by atoms with Gasteiger partial charge in [-0.2, -0.15) is 0 Å². The molecule has 29 heavy (non-hydrogen) atoms. The first-order chi connectivity index (χ1) is 14.3. The average Bonchev–Trinajstić information content (AvgIpc) is 3.19. The molecule has 0 radical (unpaired) electrons. The van der Waals surface area contributed by atoms with E-state index in [0.29, 0.717) is 0 Å². The Morgan fingerprint density at radius 2 is 1.21 bits per heavy atom. The van der Waals surface area contributed by atoms with Crippen LogP contribution in [0.4, 0.5) is 5.69 Å². The topological polar surface area (TPSA) is 34.0 Å². The minimum absolute atomic E-state index is 0.873. The number of rotatable bonds is 0. The van der Waals surface area contributed by atoms with Crippen molar-refractivity contribution >= 4 is 5.69 Å². The first-order valence-electron chi connectivity index (χ1n) is 11.0. The number of aromatic nitrogens is 3. The summed E-state index contributed by atoms with van der Waals surface area (Å²) in [5.74, 6) is 0. The molecule has 1 aliphatic heterocycles. The molecule has 160 valence electrons. The van der Waals surface area contributed by atoms with E-state index in [-0.39, 0.29) is 0 Å². The van der Waals surface area contributed by atoms with Gasteiger partial charge in [0.25, 0.3) is 0 Å². The van der Waals surface area contributed by atoms with Gasteiger partial charge in [-0.25, -0.2) is 4.68 Å². The SMILES string of the molecule is CC.CC.CC.CC.CN1Cc2ccccc2-c2c(nnn2C)-c2ccccc21. The highest BCUT2D eigenvalue weighted by Gasteiger charge is 2.23. The van der Waals surface area contributed by atoms with E-state index >= 15 is 0 Å². The Labute approximate surface area is 178 Å². The lowest BCUT2D eigenvalue weighted by molar-refractivity contribution is 0.720. The summed E-state index contributed by atoms with van der Waals surface area (Å²) < 4.78 is 1.87. The second-order valence-corrected chi connectivity index (χ2v) is 5.44. The monoisotopic (exact) mass is 396 g/mol. The van der Waals surface area contributed by atoms with Crippen molar-refractivity contribution in [2.24, 2.45) is 7.05 Å². The quantitative estimate of drug-likeness (QED) is 0.403. The summed E-state index contributed by atoms with van der Waals surface area (Å²) in [5, 5.41) is 8.67. The number of aryl methyl sites for hydroxylation is 1. The third kappa shape index (κ3) is 5.93. The van der Waals surface area contributed by atoms with E-state index in [0.717, 1.165) is 23.5 Å². The van der Waals surface area contributed by atoms with Crippen molar-refractivity contribution in [2.45, 2.75) is 61.9 Å². The molecule has 4 rings (SSSR count). The molecule has 0 atom stereocenters. The fraction of sp³-hybridized carbons (Fsp3) is 0.440. The Bertz CT molecular complexity index is 821. The van der Waals surface area contributed by atoms with Gasteiger partial charge in [-0.1, -0.05) is 103 Å². The lowest BCUT2D eigenvalue weighted by Crippen LogP contribution is -2.19. The number of fused-ring (bicyclic) bond motifs is 5. The third-order valence-corrected chi connectivity index (χ3v) is 4.08. The Kier molecular flexibility index (Phi) is 13.1. The standard InChI is InChI=1S/C17H16N4.4C2H6/c1-20-11-12-7-3-4-8-13(12)17-16(18-19-21(17)2)14-9-5-6-10-15(14)20;4*1-2/h3-10H,11H2,1-2H3;4*1-2H3. The molecule has 2 aromatic carbocycles. The molecular weight excluding hydrogens is 356 g/mol. The molecule has 0 fully saturated rings. The maximum Gasteiger partial charge on any atom is 0.123 e. The number of benzene rings is 2. The molecule has 0 amide bonds. The van der Waals surface area contributed by atoms with Crippen molar-refractivity contribution in [3.05, 3.63) is 54.1 Å². The molecule has 1 aliphatic rings. The molecular formula is C25H40N4. The summed E-state index contributed by atoms with van der Waals surface area (Å²) in [6.07, 6.45) is 0. The molecule has 0 saturated carbocycles. The zero-order valence-electron chi connectivity index (χ0n) is 20.1. The van der Waals surface area contributed by atoms with Crippen LogP contribution in [0.3, 0.4) is 0 Å². The van der Waals surface area contributed by atoms with Gasteiger partial charge in [-0.3, -0.25) is 0 Å². The van der Waals surface area contributed by atoms with E-state index in [4.69, 9.17) is 0 Å². The third-order valence-electron chi connectivity index (χ3n) is 4.08. The predicted molar refractivity (Wildman–Crippen MR) is 129 cm³/mol. The first-order valence-corrected chi connectivity index (χ1v) is 11.0. The van der Waals surface area contributed by atoms with Crippen LogP contribution in [-0.2, 0) is 13.6 Å². The maximum absolute atomic E-state index is 4.42. The largest absolute Gasteiger partial charge is 0.370 e. The highest BCUT2D eigenvalue weighted by Crippen LogP contribution is 2.39. The van der Waals surface area contributed by atoms with Crippen LogP contribution in [-0.4, -0.2) is 22.0 Å². The van der Waals surface area contributed by atoms with Crippen LogP contribution < -0.4 is 4.90 Å². The molecule has 4 nitrogen and oxygen atoms in total. The Morgan fingerprint density at radius 3 is 1.83 bits per heavy atom. The molecule has 0 aliphatic carbocycles. The molecule has 0 unspecified atom stereocenters. The van der Waals surface area contributed by atoms with Gasteiger partial charge in [0.05, 0.1) is 5.69 Å². The summed E-state index contributed by atoms with van der Waals surface area (Å²) in [6, 6.07) is 16.9. The molecule has 2 heterocycles. The minimum Gasteiger partial charge on any atom is -0.370 e. The van der Waals surface area contributed by atoms with Gasteiger partial charge < -0.3 is 4.90 Å². The number of anilines is 1. The van der Waals surface area contributed by atoms with Gasteiger partial charge in [-0.05, 0) is 11.6 Å². The maximum atomic E-state index is 4.42. The van der Waals surface area contributed by atoms with Gasteiger partial charge in [0, 0.05) is 37.5 Å². The summed E-state index contributed by atoms with van der Waals surface area (Å²) in [7, 11) is 4.08. The molecule has 1 aromatic heterocycles. The zero-order chi connectivity index (χ0) is 22.4. The van der Waals surface area contributed by atoms with E-state index in [1.807, 2.05) is 67.1 Å².